The summed E-state index contributed by atoms with van der Waals surface area (Å²) in [5.41, 5.74) is 5.21. The lowest BCUT2D eigenvalue weighted by molar-refractivity contribution is -0.141. The predicted octanol–water partition coefficient (Wildman–Crippen LogP) is 2.89. The maximum absolute atomic E-state index is 12.7. The molecule has 0 bridgehead atoms. The first-order valence-electron chi connectivity index (χ1n) is 8.09. The zero-order valence-electron chi connectivity index (χ0n) is 13.5. The number of halogens is 3. The molecule has 0 saturated heterocycles. The van der Waals surface area contributed by atoms with Gasteiger partial charge in [0.05, 0.1) is 11.2 Å². The number of amides is 1. The lowest BCUT2D eigenvalue weighted by Gasteiger charge is -2.28. The van der Waals surface area contributed by atoms with Crippen molar-refractivity contribution in [2.75, 3.05) is 6.54 Å². The molecule has 1 aliphatic carbocycles. The van der Waals surface area contributed by atoms with E-state index in [0.717, 1.165) is 36.4 Å². The Morgan fingerprint density at radius 2 is 2.00 bits per heavy atom. The fourth-order valence-corrected chi connectivity index (χ4v) is 3.15. The number of carbonyl (C=O) groups excluding carboxylic acids is 1. The maximum Gasteiger partial charge on any atom is 0.435 e. The van der Waals surface area contributed by atoms with Crippen molar-refractivity contribution < 1.29 is 18.0 Å². The topological polar surface area (TPSA) is 72.9 Å². The van der Waals surface area contributed by atoms with Gasteiger partial charge in [-0.2, -0.15) is 18.3 Å². The van der Waals surface area contributed by atoms with E-state index in [9.17, 15) is 18.0 Å². The lowest BCUT2D eigenvalue weighted by atomic mass is 9.97. The predicted molar refractivity (Wildman–Crippen MR) is 86.3 cm³/mol. The molecule has 134 valence electrons. The number of hydrogen-bond donors (Lipinski definition) is 2. The summed E-state index contributed by atoms with van der Waals surface area (Å²) in [5, 5.41) is 6.52. The second-order valence-corrected chi connectivity index (χ2v) is 6.34. The Hall–Kier alpha value is -2.35. The summed E-state index contributed by atoms with van der Waals surface area (Å²) >= 11 is 0. The molecule has 0 radical (unpaired) electrons. The van der Waals surface area contributed by atoms with Gasteiger partial charge >= 0.3 is 6.18 Å². The first kappa shape index (κ1) is 17.5. The number of nitrogens with one attached hydrogen (secondary N) is 1. The number of benzene rings is 1. The average Bonchev–Trinajstić information content (AvgIpc) is 3.24. The summed E-state index contributed by atoms with van der Waals surface area (Å²) in [6.45, 7) is 0.368. The highest BCUT2D eigenvalue weighted by Gasteiger charge is 2.35. The highest BCUT2D eigenvalue weighted by atomic mass is 19.4. The van der Waals surface area contributed by atoms with Crippen molar-refractivity contribution in [3.05, 3.63) is 47.8 Å². The highest BCUT2D eigenvalue weighted by Crippen LogP contribution is 2.29. The first-order chi connectivity index (χ1) is 11.8. The monoisotopic (exact) mass is 352 g/mol. The van der Waals surface area contributed by atoms with E-state index in [0.29, 0.717) is 17.8 Å². The van der Waals surface area contributed by atoms with Gasteiger partial charge in [-0.1, -0.05) is 18.9 Å². The fraction of sp³-hybridized carbons (Fsp3) is 0.412. The summed E-state index contributed by atoms with van der Waals surface area (Å²) in [5.74, 6) is -0.280. The van der Waals surface area contributed by atoms with Crippen molar-refractivity contribution in [3.63, 3.8) is 0 Å². The van der Waals surface area contributed by atoms with Gasteiger partial charge in [0.1, 0.15) is 0 Å². The summed E-state index contributed by atoms with van der Waals surface area (Å²) in [6.07, 6.45) is 0.427. The first-order valence-corrected chi connectivity index (χ1v) is 8.09. The molecule has 0 unspecified atom stereocenters. The van der Waals surface area contributed by atoms with Gasteiger partial charge in [0.15, 0.2) is 5.69 Å². The number of nitrogens with zero attached hydrogens (tertiary/aromatic N) is 2. The molecule has 1 saturated carbocycles. The van der Waals surface area contributed by atoms with Crippen molar-refractivity contribution >= 4 is 5.91 Å². The zero-order valence-corrected chi connectivity index (χ0v) is 13.5. The molecule has 2 aromatic rings. The van der Waals surface area contributed by atoms with Crippen LogP contribution in [-0.4, -0.2) is 27.8 Å². The summed E-state index contributed by atoms with van der Waals surface area (Å²) < 4.78 is 39.1. The van der Waals surface area contributed by atoms with Crippen molar-refractivity contribution in [2.45, 2.75) is 37.4 Å². The van der Waals surface area contributed by atoms with Crippen molar-refractivity contribution in [1.82, 2.24) is 15.1 Å². The fourth-order valence-electron chi connectivity index (χ4n) is 3.15. The molecule has 0 atom stereocenters. The summed E-state index contributed by atoms with van der Waals surface area (Å²) in [6, 6.07) is 7.24. The Kier molecular flexibility index (Phi) is 4.55. The minimum absolute atomic E-state index is 0.280. The van der Waals surface area contributed by atoms with Gasteiger partial charge < -0.3 is 11.1 Å². The van der Waals surface area contributed by atoms with Gasteiger partial charge in [0.2, 0.25) is 0 Å². The quantitative estimate of drug-likeness (QED) is 0.889. The molecule has 3 N–H and O–H groups in total. The van der Waals surface area contributed by atoms with Gasteiger partial charge in [-0.05, 0) is 37.1 Å². The van der Waals surface area contributed by atoms with Crippen molar-refractivity contribution in [1.29, 1.82) is 0 Å². The molecule has 1 amide bonds. The molecule has 1 aliphatic rings. The molecular formula is C17H19F3N4O. The summed E-state index contributed by atoms with van der Waals surface area (Å²) in [4.78, 5) is 12.5. The third kappa shape index (κ3) is 3.68. The van der Waals surface area contributed by atoms with Gasteiger partial charge in [-0.3, -0.25) is 4.79 Å². The molecule has 0 aliphatic heterocycles. The molecule has 25 heavy (non-hydrogen) atoms. The molecule has 1 aromatic heterocycles. The van der Waals surface area contributed by atoms with Crippen molar-refractivity contribution in [2.24, 2.45) is 5.73 Å². The van der Waals surface area contributed by atoms with Crippen LogP contribution in [0.15, 0.2) is 36.5 Å². The number of rotatable bonds is 4. The average molecular weight is 352 g/mol. The van der Waals surface area contributed by atoms with Crippen LogP contribution in [0.5, 0.6) is 0 Å². The van der Waals surface area contributed by atoms with Crippen LogP contribution in [-0.2, 0) is 6.18 Å². The number of carbonyl (C=O) groups is 1. The highest BCUT2D eigenvalue weighted by molar-refractivity contribution is 5.95. The van der Waals surface area contributed by atoms with E-state index in [1.807, 2.05) is 0 Å². The minimum atomic E-state index is -4.50. The van der Waals surface area contributed by atoms with Crippen LogP contribution < -0.4 is 11.1 Å². The normalized spacial score (nSPS) is 16.8. The second-order valence-electron chi connectivity index (χ2n) is 6.34. The zero-order chi connectivity index (χ0) is 18.1. The molecule has 1 aromatic carbocycles. The van der Waals surface area contributed by atoms with Gasteiger partial charge in [-0.25, -0.2) is 4.68 Å². The minimum Gasteiger partial charge on any atom is -0.345 e. The summed E-state index contributed by atoms with van der Waals surface area (Å²) in [7, 11) is 0. The Morgan fingerprint density at radius 3 is 2.60 bits per heavy atom. The van der Waals surface area contributed by atoms with E-state index in [-0.39, 0.29) is 11.4 Å². The van der Waals surface area contributed by atoms with E-state index >= 15 is 0 Å². The van der Waals surface area contributed by atoms with Crippen LogP contribution >= 0.6 is 0 Å². The molecule has 1 fully saturated rings. The third-order valence-corrected chi connectivity index (χ3v) is 4.58. The van der Waals surface area contributed by atoms with E-state index in [4.69, 9.17) is 5.73 Å². The van der Waals surface area contributed by atoms with Crippen LogP contribution in [0.4, 0.5) is 13.2 Å². The van der Waals surface area contributed by atoms with Crippen LogP contribution in [0.1, 0.15) is 41.7 Å². The van der Waals surface area contributed by atoms with Gasteiger partial charge in [0, 0.05) is 18.3 Å². The SMILES string of the molecule is NCC1(NC(=O)c2cccc(-n3ccc(C(F)(F)F)n3)c2)CCCC1. The van der Waals surface area contributed by atoms with Crippen LogP contribution in [0.2, 0.25) is 0 Å². The Morgan fingerprint density at radius 1 is 1.28 bits per heavy atom. The third-order valence-electron chi connectivity index (χ3n) is 4.58. The van der Waals surface area contributed by atoms with Crippen LogP contribution in [0, 0.1) is 0 Å². The maximum atomic E-state index is 12.7. The van der Waals surface area contributed by atoms with Crippen LogP contribution in [0.3, 0.4) is 0 Å². The largest absolute Gasteiger partial charge is 0.435 e. The van der Waals surface area contributed by atoms with E-state index in [1.165, 1.54) is 12.3 Å². The van der Waals surface area contributed by atoms with Crippen molar-refractivity contribution in [3.8, 4) is 5.69 Å². The molecule has 8 heteroatoms. The number of aromatic nitrogens is 2. The smallest absolute Gasteiger partial charge is 0.345 e. The Bertz CT molecular complexity index is 763. The number of nitrogens with two attached hydrogens (primary N) is 1. The lowest BCUT2D eigenvalue weighted by Crippen LogP contribution is -2.51. The Balaban J connectivity index is 1.81. The molecule has 0 spiro atoms. The van der Waals surface area contributed by atoms with Gasteiger partial charge in [-0.15, -0.1) is 0 Å². The van der Waals surface area contributed by atoms with E-state index in [1.54, 1.807) is 18.2 Å². The van der Waals surface area contributed by atoms with E-state index in [2.05, 4.69) is 10.4 Å². The number of hydrogen-bond acceptors (Lipinski definition) is 3. The standard InChI is InChI=1S/C17H19F3N4O/c18-17(19,20)14-6-9-24(23-14)13-5-3-4-12(10-13)15(25)22-16(11-21)7-1-2-8-16/h3-6,9-10H,1-2,7-8,11,21H2,(H,22,25). The Labute approximate surface area is 143 Å². The molecular weight excluding hydrogens is 333 g/mol. The molecule has 5 nitrogen and oxygen atoms in total. The second kappa shape index (κ2) is 6.51. The van der Waals surface area contributed by atoms with Gasteiger partial charge in [0.25, 0.3) is 5.91 Å². The van der Waals surface area contributed by atoms with E-state index < -0.39 is 11.9 Å². The van der Waals surface area contributed by atoms with Crippen LogP contribution in [0.25, 0.3) is 5.69 Å². The molecule has 1 heterocycles. The molecule has 3 rings (SSSR count). The number of alkyl halides is 3.